The van der Waals surface area contributed by atoms with Crippen LogP contribution in [0.1, 0.15) is 6.92 Å². The highest BCUT2D eigenvalue weighted by atomic mass is 16.6. The summed E-state index contributed by atoms with van der Waals surface area (Å²) in [6.07, 6.45) is 0. The zero-order chi connectivity index (χ0) is 14.8. The van der Waals surface area contributed by atoms with Gasteiger partial charge in [0.25, 0.3) is 0 Å². The van der Waals surface area contributed by atoms with Gasteiger partial charge >= 0.3 is 23.9 Å². The molecule has 1 heterocycles. The van der Waals surface area contributed by atoms with Crippen LogP contribution in [0.4, 0.5) is 0 Å². The highest BCUT2D eigenvalue weighted by molar-refractivity contribution is 6.05. The van der Waals surface area contributed by atoms with Crippen LogP contribution in [0.2, 0.25) is 0 Å². The highest BCUT2D eigenvalue weighted by Gasteiger charge is 2.65. The fourth-order valence-electron chi connectivity index (χ4n) is 2.01. The minimum atomic E-state index is -1.92. The molecule has 1 rings (SSSR count). The van der Waals surface area contributed by atoms with E-state index in [9.17, 15) is 19.2 Å². The van der Waals surface area contributed by atoms with Crippen LogP contribution in [0.25, 0.3) is 0 Å². The minimum absolute atomic E-state index is 0.936. The Balaban J connectivity index is 3.28. The second kappa shape index (κ2) is 5.25. The van der Waals surface area contributed by atoms with Crippen LogP contribution in [0.15, 0.2) is 0 Å². The van der Waals surface area contributed by atoms with Gasteiger partial charge in [0.2, 0.25) is 5.60 Å². The fourth-order valence-corrected chi connectivity index (χ4v) is 2.01. The predicted octanol–water partition coefficient (Wildman–Crippen LogP) is -0.947. The molecule has 0 aliphatic carbocycles. The molecule has 8 heteroatoms. The molecule has 0 aromatic heterocycles. The molecule has 0 bridgehead atoms. The van der Waals surface area contributed by atoms with Gasteiger partial charge in [0, 0.05) is 0 Å². The number of ether oxygens (including phenoxy) is 4. The molecule has 8 nitrogen and oxygen atoms in total. The lowest BCUT2D eigenvalue weighted by atomic mass is 9.82. The monoisotopic (exact) mass is 274 g/mol. The lowest BCUT2D eigenvalue weighted by molar-refractivity contribution is -0.177. The van der Waals surface area contributed by atoms with Crippen molar-refractivity contribution in [2.24, 2.45) is 11.8 Å². The molecule has 106 valence electrons. The standard InChI is InChI=1S/C11H14O8/c1-11(10(15)18-4)6(9(14)17-3)5(7(12)16-2)8(13)19-11/h5-6H,1-4H3/t5?,6-,11-/m1/s1. The van der Waals surface area contributed by atoms with E-state index in [1.54, 1.807) is 0 Å². The van der Waals surface area contributed by atoms with Crippen molar-refractivity contribution in [1.29, 1.82) is 0 Å². The van der Waals surface area contributed by atoms with Crippen LogP contribution in [-0.2, 0) is 38.1 Å². The molecular formula is C11H14O8. The number of carbonyl (C=O) groups is 4. The first-order chi connectivity index (χ1) is 8.83. The highest BCUT2D eigenvalue weighted by Crippen LogP contribution is 2.39. The van der Waals surface area contributed by atoms with Gasteiger partial charge in [-0.2, -0.15) is 0 Å². The molecule has 1 unspecified atom stereocenters. The maximum absolute atomic E-state index is 11.8. The van der Waals surface area contributed by atoms with Crippen molar-refractivity contribution in [2.75, 3.05) is 21.3 Å². The molecule has 0 radical (unpaired) electrons. The lowest BCUT2D eigenvalue weighted by Crippen LogP contribution is -2.48. The van der Waals surface area contributed by atoms with Gasteiger partial charge in [-0.3, -0.25) is 14.4 Å². The summed E-state index contributed by atoms with van der Waals surface area (Å²) in [5, 5.41) is 0. The van der Waals surface area contributed by atoms with Crippen LogP contribution in [0, 0.1) is 11.8 Å². The molecule has 1 aliphatic rings. The Kier molecular flexibility index (Phi) is 4.13. The minimum Gasteiger partial charge on any atom is -0.469 e. The van der Waals surface area contributed by atoms with Crippen LogP contribution in [0.5, 0.6) is 0 Å². The molecular weight excluding hydrogens is 260 g/mol. The van der Waals surface area contributed by atoms with Gasteiger partial charge in [0.05, 0.1) is 21.3 Å². The van der Waals surface area contributed by atoms with Gasteiger partial charge in [0.15, 0.2) is 5.92 Å². The Bertz CT molecular complexity index is 428. The third-order valence-corrected chi connectivity index (χ3v) is 2.99. The molecule has 0 aromatic rings. The normalized spacial score (nSPS) is 29.4. The van der Waals surface area contributed by atoms with Gasteiger partial charge in [-0.15, -0.1) is 0 Å². The maximum atomic E-state index is 11.8. The Labute approximate surface area is 108 Å². The number of methoxy groups -OCH3 is 3. The van der Waals surface area contributed by atoms with Gasteiger partial charge in [-0.05, 0) is 6.92 Å². The first-order valence-corrected chi connectivity index (χ1v) is 5.30. The molecule has 19 heavy (non-hydrogen) atoms. The second-order valence-electron chi connectivity index (χ2n) is 4.02. The Morgan fingerprint density at radius 1 is 1.05 bits per heavy atom. The fraction of sp³-hybridized carbons (Fsp3) is 0.636. The molecule has 0 spiro atoms. The summed E-state index contributed by atoms with van der Waals surface area (Å²) in [4.78, 5) is 46.7. The third-order valence-electron chi connectivity index (χ3n) is 2.99. The lowest BCUT2D eigenvalue weighted by Gasteiger charge is -2.25. The van der Waals surface area contributed by atoms with E-state index in [0.717, 1.165) is 21.3 Å². The summed E-state index contributed by atoms with van der Waals surface area (Å²) in [6.45, 7) is 1.18. The molecule has 3 atom stereocenters. The van der Waals surface area contributed by atoms with Crippen molar-refractivity contribution in [3.8, 4) is 0 Å². The van der Waals surface area contributed by atoms with Gasteiger partial charge < -0.3 is 18.9 Å². The number of hydrogen-bond acceptors (Lipinski definition) is 8. The van der Waals surface area contributed by atoms with Crippen molar-refractivity contribution in [1.82, 2.24) is 0 Å². The quantitative estimate of drug-likeness (QED) is 0.368. The smallest absolute Gasteiger partial charge is 0.351 e. The number of esters is 4. The Hall–Kier alpha value is -2.12. The van der Waals surface area contributed by atoms with Crippen LogP contribution < -0.4 is 0 Å². The molecule has 0 N–H and O–H groups in total. The Morgan fingerprint density at radius 3 is 2.00 bits per heavy atom. The number of carbonyl (C=O) groups excluding carboxylic acids is 4. The first kappa shape index (κ1) is 14.9. The molecule has 0 aromatic carbocycles. The summed E-state index contributed by atoms with van der Waals surface area (Å²) in [6, 6.07) is 0. The number of cyclic esters (lactones) is 1. The SMILES string of the molecule is COC(=O)C1C(=O)O[C@@](C)(C(=O)OC)[C@H]1C(=O)OC. The van der Waals surface area contributed by atoms with Gasteiger partial charge in [-0.1, -0.05) is 0 Å². The summed E-state index contributed by atoms with van der Waals surface area (Å²) >= 11 is 0. The van der Waals surface area contributed by atoms with Crippen LogP contribution in [0.3, 0.4) is 0 Å². The van der Waals surface area contributed by atoms with E-state index in [4.69, 9.17) is 4.74 Å². The number of rotatable bonds is 3. The Morgan fingerprint density at radius 2 is 1.58 bits per heavy atom. The predicted molar refractivity (Wildman–Crippen MR) is 57.5 cm³/mol. The second-order valence-corrected chi connectivity index (χ2v) is 4.02. The van der Waals surface area contributed by atoms with E-state index in [-0.39, 0.29) is 0 Å². The topological polar surface area (TPSA) is 105 Å². The van der Waals surface area contributed by atoms with E-state index in [1.807, 2.05) is 0 Å². The molecule has 1 saturated heterocycles. The zero-order valence-electron chi connectivity index (χ0n) is 10.9. The molecule has 1 fully saturated rings. The average molecular weight is 274 g/mol. The zero-order valence-corrected chi connectivity index (χ0v) is 10.9. The van der Waals surface area contributed by atoms with Crippen molar-refractivity contribution in [3.63, 3.8) is 0 Å². The van der Waals surface area contributed by atoms with Gasteiger partial charge in [-0.25, -0.2) is 4.79 Å². The van der Waals surface area contributed by atoms with Crippen LogP contribution in [-0.4, -0.2) is 50.8 Å². The largest absolute Gasteiger partial charge is 0.469 e. The third kappa shape index (κ3) is 2.25. The molecule has 0 amide bonds. The number of hydrogen-bond donors (Lipinski definition) is 0. The molecule has 1 aliphatic heterocycles. The average Bonchev–Trinajstić information content (AvgIpc) is 2.68. The van der Waals surface area contributed by atoms with E-state index < -0.39 is 41.3 Å². The van der Waals surface area contributed by atoms with E-state index in [0.29, 0.717) is 0 Å². The summed E-state index contributed by atoms with van der Waals surface area (Å²) in [7, 11) is 3.19. The van der Waals surface area contributed by atoms with Gasteiger partial charge in [0.1, 0.15) is 5.92 Å². The first-order valence-electron chi connectivity index (χ1n) is 5.30. The molecule has 0 saturated carbocycles. The van der Waals surface area contributed by atoms with Crippen molar-refractivity contribution < 1.29 is 38.1 Å². The summed E-state index contributed by atoms with van der Waals surface area (Å²) in [5.74, 6) is -6.91. The van der Waals surface area contributed by atoms with Crippen LogP contribution >= 0.6 is 0 Å². The van der Waals surface area contributed by atoms with E-state index in [2.05, 4.69) is 14.2 Å². The van der Waals surface area contributed by atoms with E-state index in [1.165, 1.54) is 6.92 Å². The van der Waals surface area contributed by atoms with Crippen molar-refractivity contribution >= 4 is 23.9 Å². The summed E-state index contributed by atoms with van der Waals surface area (Å²) < 4.78 is 18.3. The maximum Gasteiger partial charge on any atom is 0.351 e. The van der Waals surface area contributed by atoms with Crippen molar-refractivity contribution in [3.05, 3.63) is 0 Å². The van der Waals surface area contributed by atoms with Crippen molar-refractivity contribution in [2.45, 2.75) is 12.5 Å². The van der Waals surface area contributed by atoms with E-state index >= 15 is 0 Å². The summed E-state index contributed by atoms with van der Waals surface area (Å²) in [5.41, 5.74) is -1.92.